The van der Waals surface area contributed by atoms with E-state index in [9.17, 15) is 8.42 Å². The van der Waals surface area contributed by atoms with Crippen LogP contribution in [0.2, 0.25) is 0 Å². The van der Waals surface area contributed by atoms with Gasteiger partial charge in [-0.1, -0.05) is 25.1 Å². The smallest absolute Gasteiger partial charge is 0.152 e. The van der Waals surface area contributed by atoms with E-state index in [0.717, 1.165) is 11.3 Å². The lowest BCUT2D eigenvalue weighted by Crippen LogP contribution is -2.26. The van der Waals surface area contributed by atoms with E-state index < -0.39 is 9.84 Å². The van der Waals surface area contributed by atoms with Crippen molar-refractivity contribution in [1.29, 1.82) is 0 Å². The summed E-state index contributed by atoms with van der Waals surface area (Å²) in [5.74, 6) is 1.32. The third-order valence-corrected chi connectivity index (χ3v) is 5.18. The van der Waals surface area contributed by atoms with Crippen molar-refractivity contribution in [3.8, 4) is 5.75 Å². The number of nitrogens with one attached hydrogen (secondary N) is 1. The fourth-order valence-electron chi connectivity index (χ4n) is 2.47. The number of rotatable bonds is 3. The average Bonchev–Trinajstić information content (AvgIpc) is 2.48. The number of ether oxygens (including phenoxy) is 1. The highest BCUT2D eigenvalue weighted by Crippen LogP contribution is 2.28. The predicted octanol–water partition coefficient (Wildman–Crippen LogP) is 1.78. The minimum atomic E-state index is -3.02. The molecule has 0 spiro atoms. The van der Waals surface area contributed by atoms with Gasteiger partial charge in [0, 0.05) is 11.6 Å². The summed E-state index contributed by atoms with van der Waals surface area (Å²) >= 11 is 0. The van der Waals surface area contributed by atoms with Crippen molar-refractivity contribution in [2.24, 2.45) is 5.92 Å². The molecule has 1 N–H and O–H groups in total. The molecule has 1 saturated heterocycles. The van der Waals surface area contributed by atoms with Crippen molar-refractivity contribution >= 4 is 9.84 Å². The summed E-state index contributed by atoms with van der Waals surface area (Å²) in [6.45, 7) is 5.18. The minimum absolute atomic E-state index is 0.140. The Balaban J connectivity index is 2.30. The molecule has 0 radical (unpaired) electrons. The molecule has 0 aromatic heterocycles. The van der Waals surface area contributed by atoms with Gasteiger partial charge in [0.05, 0.1) is 18.1 Å². The summed E-state index contributed by atoms with van der Waals surface area (Å²) in [4.78, 5) is 0. The number of para-hydroxylation sites is 1. The topological polar surface area (TPSA) is 55.4 Å². The molecule has 1 aliphatic rings. The molecule has 0 saturated carbocycles. The van der Waals surface area contributed by atoms with Gasteiger partial charge >= 0.3 is 0 Å². The van der Waals surface area contributed by atoms with Crippen molar-refractivity contribution in [3.05, 3.63) is 29.8 Å². The summed E-state index contributed by atoms with van der Waals surface area (Å²) in [7, 11) is -3.02. The molecule has 4 nitrogen and oxygen atoms in total. The zero-order valence-electron chi connectivity index (χ0n) is 11.4. The van der Waals surface area contributed by atoms with Crippen LogP contribution in [0.3, 0.4) is 0 Å². The third kappa shape index (κ3) is 3.70. The summed E-state index contributed by atoms with van der Waals surface area (Å²) < 4.78 is 29.7. The van der Waals surface area contributed by atoms with E-state index in [0.29, 0.717) is 13.2 Å². The third-order valence-electron chi connectivity index (χ3n) is 3.27. The predicted molar refractivity (Wildman–Crippen MR) is 76.2 cm³/mol. The van der Waals surface area contributed by atoms with Gasteiger partial charge < -0.3 is 10.1 Å². The maximum absolute atomic E-state index is 12.1. The quantitative estimate of drug-likeness (QED) is 0.918. The van der Waals surface area contributed by atoms with Crippen LogP contribution in [0.5, 0.6) is 5.75 Å². The Bertz CT molecular complexity index is 527. The highest BCUT2D eigenvalue weighted by Gasteiger charge is 2.28. The van der Waals surface area contributed by atoms with Gasteiger partial charge in [0.1, 0.15) is 5.75 Å². The van der Waals surface area contributed by atoms with Gasteiger partial charge in [0.15, 0.2) is 9.84 Å². The van der Waals surface area contributed by atoms with Gasteiger partial charge in [0.25, 0.3) is 0 Å². The Kier molecular flexibility index (Phi) is 4.47. The normalized spacial score (nSPS) is 26.6. The Morgan fingerprint density at radius 1 is 1.32 bits per heavy atom. The molecule has 19 heavy (non-hydrogen) atoms. The van der Waals surface area contributed by atoms with Gasteiger partial charge in [-0.2, -0.15) is 0 Å². The molecule has 2 rings (SSSR count). The van der Waals surface area contributed by atoms with Gasteiger partial charge in [-0.05, 0) is 25.5 Å². The first-order valence-corrected chi connectivity index (χ1v) is 8.49. The molecule has 0 bridgehead atoms. The minimum Gasteiger partial charge on any atom is -0.494 e. The maximum Gasteiger partial charge on any atom is 0.152 e. The first-order chi connectivity index (χ1) is 9.02. The van der Waals surface area contributed by atoms with E-state index in [1.165, 1.54) is 0 Å². The summed E-state index contributed by atoms with van der Waals surface area (Å²) in [6, 6.07) is 7.47. The monoisotopic (exact) mass is 283 g/mol. The van der Waals surface area contributed by atoms with Gasteiger partial charge in [0.2, 0.25) is 0 Å². The van der Waals surface area contributed by atoms with Crippen molar-refractivity contribution in [1.82, 2.24) is 5.32 Å². The van der Waals surface area contributed by atoms with Crippen LogP contribution in [0.1, 0.15) is 25.5 Å². The molecule has 1 aromatic rings. The van der Waals surface area contributed by atoms with Gasteiger partial charge in [-0.15, -0.1) is 0 Å². The highest BCUT2D eigenvalue weighted by molar-refractivity contribution is 7.91. The Labute approximate surface area is 115 Å². The Morgan fingerprint density at radius 3 is 2.79 bits per heavy atom. The molecule has 1 fully saturated rings. The number of sulfone groups is 1. The standard InChI is InChI=1S/C14H21NO3S/c1-3-18-14-7-5-4-6-12(14)13-10-19(16,17)9-11(2)8-15-13/h4-7,11,13,15H,3,8-10H2,1-2H3. The van der Waals surface area contributed by atoms with Crippen LogP contribution in [0.4, 0.5) is 0 Å². The molecular weight excluding hydrogens is 262 g/mol. The number of benzene rings is 1. The van der Waals surface area contributed by atoms with Crippen LogP contribution in [-0.2, 0) is 9.84 Å². The van der Waals surface area contributed by atoms with Crippen molar-refractivity contribution in [3.63, 3.8) is 0 Å². The molecule has 2 atom stereocenters. The lowest BCUT2D eigenvalue weighted by molar-refractivity contribution is 0.332. The first kappa shape index (κ1) is 14.3. The van der Waals surface area contributed by atoms with E-state index in [2.05, 4.69) is 5.32 Å². The van der Waals surface area contributed by atoms with Crippen molar-refractivity contribution < 1.29 is 13.2 Å². The number of hydrogen-bond acceptors (Lipinski definition) is 4. The van der Waals surface area contributed by atoms with Crippen LogP contribution >= 0.6 is 0 Å². The van der Waals surface area contributed by atoms with Gasteiger partial charge in [-0.25, -0.2) is 8.42 Å². The summed E-state index contributed by atoms with van der Waals surface area (Å²) in [5.41, 5.74) is 0.932. The van der Waals surface area contributed by atoms with E-state index in [1.807, 2.05) is 38.1 Å². The largest absolute Gasteiger partial charge is 0.494 e. The molecular formula is C14H21NO3S. The molecule has 1 aliphatic heterocycles. The van der Waals surface area contributed by atoms with Gasteiger partial charge in [-0.3, -0.25) is 0 Å². The van der Waals surface area contributed by atoms with Crippen LogP contribution < -0.4 is 10.1 Å². The zero-order chi connectivity index (χ0) is 13.9. The first-order valence-electron chi connectivity index (χ1n) is 6.67. The lowest BCUT2D eigenvalue weighted by atomic mass is 10.1. The van der Waals surface area contributed by atoms with Crippen LogP contribution in [0, 0.1) is 5.92 Å². The second-order valence-electron chi connectivity index (χ2n) is 5.11. The molecule has 0 amide bonds. The van der Waals surface area contributed by atoms with E-state index in [-0.39, 0.29) is 23.5 Å². The van der Waals surface area contributed by atoms with E-state index in [1.54, 1.807) is 0 Å². The highest BCUT2D eigenvalue weighted by atomic mass is 32.2. The SMILES string of the molecule is CCOc1ccccc1C1CS(=O)(=O)CC(C)CN1. The van der Waals surface area contributed by atoms with E-state index in [4.69, 9.17) is 4.74 Å². The molecule has 1 heterocycles. The zero-order valence-corrected chi connectivity index (χ0v) is 12.2. The van der Waals surface area contributed by atoms with Crippen LogP contribution in [-0.4, -0.2) is 33.1 Å². The van der Waals surface area contributed by atoms with Crippen molar-refractivity contribution in [2.45, 2.75) is 19.9 Å². The van der Waals surface area contributed by atoms with Crippen molar-refractivity contribution in [2.75, 3.05) is 24.7 Å². The summed E-state index contributed by atoms with van der Waals surface area (Å²) in [6.07, 6.45) is 0. The molecule has 1 aromatic carbocycles. The second-order valence-corrected chi connectivity index (χ2v) is 7.27. The van der Waals surface area contributed by atoms with Crippen LogP contribution in [0.15, 0.2) is 24.3 Å². The Hall–Kier alpha value is -1.07. The van der Waals surface area contributed by atoms with E-state index >= 15 is 0 Å². The molecule has 106 valence electrons. The molecule has 0 aliphatic carbocycles. The Morgan fingerprint density at radius 2 is 2.05 bits per heavy atom. The number of hydrogen-bond donors (Lipinski definition) is 1. The van der Waals surface area contributed by atoms with Crippen LogP contribution in [0.25, 0.3) is 0 Å². The molecule has 5 heteroatoms. The average molecular weight is 283 g/mol. The maximum atomic E-state index is 12.1. The fourth-order valence-corrected chi connectivity index (χ4v) is 4.40. The fraction of sp³-hybridized carbons (Fsp3) is 0.571. The summed E-state index contributed by atoms with van der Waals surface area (Å²) in [5, 5.41) is 3.34. The lowest BCUT2D eigenvalue weighted by Gasteiger charge is -2.19. The molecule has 2 unspecified atom stereocenters. The second kappa shape index (κ2) is 5.92.